The van der Waals surface area contributed by atoms with Crippen LogP contribution in [-0.2, 0) is 9.53 Å². The molecule has 0 bridgehead atoms. The quantitative estimate of drug-likeness (QED) is 0.776. The highest BCUT2D eigenvalue weighted by Gasteiger charge is 2.29. The summed E-state index contributed by atoms with van der Waals surface area (Å²) >= 11 is 0. The van der Waals surface area contributed by atoms with Crippen LogP contribution in [0.5, 0.6) is 0 Å². The summed E-state index contributed by atoms with van der Waals surface area (Å²) in [5.41, 5.74) is -0.482. The van der Waals surface area contributed by atoms with Crippen molar-refractivity contribution in [2.45, 2.75) is 59.0 Å². The van der Waals surface area contributed by atoms with Gasteiger partial charge in [0.15, 0.2) is 11.6 Å². The molecule has 8 heteroatoms. The van der Waals surface area contributed by atoms with E-state index < -0.39 is 17.5 Å². The zero-order valence-electron chi connectivity index (χ0n) is 16.8. The van der Waals surface area contributed by atoms with E-state index in [0.29, 0.717) is 37.1 Å². The molecule has 1 saturated heterocycles. The second-order valence-corrected chi connectivity index (χ2v) is 8.47. The summed E-state index contributed by atoms with van der Waals surface area (Å²) in [6.07, 6.45) is 1.49. The summed E-state index contributed by atoms with van der Waals surface area (Å²) < 4.78 is 10.6. The molecule has 1 aromatic rings. The Kier molecular flexibility index (Phi) is 6.73. The highest BCUT2D eigenvalue weighted by Crippen LogP contribution is 2.27. The number of likely N-dealkylation sites (tertiary alicyclic amines) is 1. The van der Waals surface area contributed by atoms with E-state index in [1.807, 2.05) is 34.6 Å². The molecular weight excluding hydrogens is 350 g/mol. The lowest BCUT2D eigenvalue weighted by molar-refractivity contribution is -0.140. The van der Waals surface area contributed by atoms with Crippen molar-refractivity contribution in [3.8, 4) is 0 Å². The molecule has 1 amide bonds. The normalized spacial score (nSPS) is 17.0. The molecule has 1 fully saturated rings. The van der Waals surface area contributed by atoms with E-state index in [1.165, 1.54) is 0 Å². The first kappa shape index (κ1) is 21.1. The lowest BCUT2D eigenvalue weighted by Gasteiger charge is -2.33. The minimum atomic E-state index is -0.915. The van der Waals surface area contributed by atoms with Gasteiger partial charge in [-0.3, -0.25) is 4.79 Å². The SMILES string of the molecule is CC(C)C(C(=O)O)c1cc(NCC2CCN(C(=O)OC(C)(C)C)CC2)no1. The van der Waals surface area contributed by atoms with Crippen LogP contribution in [0.2, 0.25) is 0 Å². The van der Waals surface area contributed by atoms with E-state index in [-0.39, 0.29) is 12.0 Å². The van der Waals surface area contributed by atoms with Crippen molar-refractivity contribution in [2.24, 2.45) is 11.8 Å². The van der Waals surface area contributed by atoms with E-state index in [4.69, 9.17) is 9.26 Å². The topological polar surface area (TPSA) is 105 Å². The lowest BCUT2D eigenvalue weighted by Crippen LogP contribution is -2.42. The van der Waals surface area contributed by atoms with Crippen molar-refractivity contribution in [3.63, 3.8) is 0 Å². The third-order valence-electron chi connectivity index (χ3n) is 4.61. The van der Waals surface area contributed by atoms with Gasteiger partial charge >= 0.3 is 12.1 Å². The third kappa shape index (κ3) is 6.15. The summed E-state index contributed by atoms with van der Waals surface area (Å²) in [6, 6.07) is 1.66. The number of aliphatic carboxylic acids is 1. The lowest BCUT2D eigenvalue weighted by atomic mass is 9.93. The van der Waals surface area contributed by atoms with Crippen LogP contribution in [0.1, 0.15) is 59.1 Å². The molecule has 2 rings (SSSR count). The fraction of sp³-hybridized carbons (Fsp3) is 0.737. The standard InChI is InChI=1S/C19H31N3O5/c1-12(2)16(17(23)24)14-10-15(21-27-14)20-11-13-6-8-22(9-7-13)18(25)26-19(3,4)5/h10,12-13,16H,6-9,11H2,1-5H3,(H,20,21)(H,23,24). The van der Waals surface area contributed by atoms with Crippen molar-refractivity contribution in [1.82, 2.24) is 10.1 Å². The zero-order chi connectivity index (χ0) is 20.2. The Balaban J connectivity index is 1.80. The van der Waals surface area contributed by atoms with Crippen molar-refractivity contribution in [1.29, 1.82) is 0 Å². The average molecular weight is 381 g/mol. The molecule has 0 aliphatic carbocycles. The predicted octanol–water partition coefficient (Wildman–Crippen LogP) is 3.56. The minimum absolute atomic E-state index is 0.0829. The van der Waals surface area contributed by atoms with Gasteiger partial charge in [0.05, 0.1) is 0 Å². The number of hydrogen-bond donors (Lipinski definition) is 2. The summed E-state index contributed by atoms with van der Waals surface area (Å²) in [6.45, 7) is 11.3. The maximum Gasteiger partial charge on any atom is 0.410 e. The number of anilines is 1. The van der Waals surface area contributed by atoms with Gasteiger partial charge in [0.25, 0.3) is 0 Å². The molecule has 1 aliphatic heterocycles. The van der Waals surface area contributed by atoms with Crippen LogP contribution >= 0.6 is 0 Å². The van der Waals surface area contributed by atoms with Gasteiger partial charge in [0.2, 0.25) is 0 Å². The number of ether oxygens (including phenoxy) is 1. The van der Waals surface area contributed by atoms with Gasteiger partial charge in [-0.25, -0.2) is 4.79 Å². The second-order valence-electron chi connectivity index (χ2n) is 8.47. The van der Waals surface area contributed by atoms with Crippen LogP contribution in [0, 0.1) is 11.8 Å². The van der Waals surface area contributed by atoms with Gasteiger partial charge in [-0.05, 0) is 45.4 Å². The van der Waals surface area contributed by atoms with E-state index >= 15 is 0 Å². The number of rotatable bonds is 6. The number of amides is 1. The average Bonchev–Trinajstić information content (AvgIpc) is 2.99. The number of carbonyl (C=O) groups excluding carboxylic acids is 1. The summed E-state index contributed by atoms with van der Waals surface area (Å²) in [7, 11) is 0. The molecule has 2 N–H and O–H groups in total. The smallest absolute Gasteiger partial charge is 0.410 e. The predicted molar refractivity (Wildman–Crippen MR) is 101 cm³/mol. The van der Waals surface area contributed by atoms with Crippen LogP contribution in [0.3, 0.4) is 0 Å². The van der Waals surface area contributed by atoms with E-state index in [0.717, 1.165) is 12.8 Å². The van der Waals surface area contributed by atoms with Crippen LogP contribution in [0.15, 0.2) is 10.6 Å². The molecule has 1 atom stereocenters. The molecule has 8 nitrogen and oxygen atoms in total. The van der Waals surface area contributed by atoms with Crippen molar-refractivity contribution in [3.05, 3.63) is 11.8 Å². The van der Waals surface area contributed by atoms with Gasteiger partial charge < -0.3 is 24.6 Å². The largest absolute Gasteiger partial charge is 0.481 e. The van der Waals surface area contributed by atoms with Crippen molar-refractivity contribution in [2.75, 3.05) is 25.0 Å². The fourth-order valence-corrected chi connectivity index (χ4v) is 3.15. The molecule has 0 spiro atoms. The Morgan fingerprint density at radius 3 is 2.52 bits per heavy atom. The maximum atomic E-state index is 12.1. The molecule has 1 unspecified atom stereocenters. The molecule has 2 heterocycles. The van der Waals surface area contributed by atoms with E-state index in [9.17, 15) is 14.7 Å². The van der Waals surface area contributed by atoms with Gasteiger partial charge in [0, 0.05) is 25.7 Å². The fourth-order valence-electron chi connectivity index (χ4n) is 3.15. The van der Waals surface area contributed by atoms with Crippen LogP contribution < -0.4 is 5.32 Å². The van der Waals surface area contributed by atoms with Gasteiger partial charge in [-0.1, -0.05) is 19.0 Å². The number of carboxylic acids is 1. The first-order valence-corrected chi connectivity index (χ1v) is 9.48. The van der Waals surface area contributed by atoms with Crippen molar-refractivity contribution < 1.29 is 24.0 Å². The Hall–Kier alpha value is -2.25. The molecule has 152 valence electrons. The Morgan fingerprint density at radius 1 is 1.37 bits per heavy atom. The first-order chi connectivity index (χ1) is 12.6. The molecule has 27 heavy (non-hydrogen) atoms. The van der Waals surface area contributed by atoms with Crippen LogP contribution in [0.25, 0.3) is 0 Å². The van der Waals surface area contributed by atoms with Crippen molar-refractivity contribution >= 4 is 17.9 Å². The molecule has 1 aromatic heterocycles. The minimum Gasteiger partial charge on any atom is -0.481 e. The van der Waals surface area contributed by atoms with Gasteiger partial charge in [0.1, 0.15) is 11.5 Å². The molecule has 1 aliphatic rings. The number of hydrogen-bond acceptors (Lipinski definition) is 6. The second kappa shape index (κ2) is 8.63. The van der Waals surface area contributed by atoms with Gasteiger partial charge in [-0.2, -0.15) is 0 Å². The first-order valence-electron chi connectivity index (χ1n) is 9.48. The van der Waals surface area contributed by atoms with Crippen LogP contribution in [0.4, 0.5) is 10.6 Å². The van der Waals surface area contributed by atoms with Crippen LogP contribution in [-0.4, -0.2) is 52.5 Å². The molecule has 0 radical (unpaired) electrons. The highest BCUT2D eigenvalue weighted by atomic mass is 16.6. The summed E-state index contributed by atoms with van der Waals surface area (Å²) in [4.78, 5) is 25.2. The number of carboxylic acid groups (broad SMARTS) is 1. The zero-order valence-corrected chi connectivity index (χ0v) is 16.8. The number of piperidine rings is 1. The molecule has 0 aromatic carbocycles. The van der Waals surface area contributed by atoms with E-state index in [1.54, 1.807) is 11.0 Å². The van der Waals surface area contributed by atoms with Gasteiger partial charge in [-0.15, -0.1) is 0 Å². The number of carbonyl (C=O) groups is 2. The Morgan fingerprint density at radius 2 is 2.00 bits per heavy atom. The number of nitrogens with one attached hydrogen (secondary N) is 1. The monoisotopic (exact) mass is 381 g/mol. The summed E-state index contributed by atoms with van der Waals surface area (Å²) in [5.74, 6) is -0.386. The Labute approximate surface area is 160 Å². The highest BCUT2D eigenvalue weighted by molar-refractivity contribution is 5.75. The summed E-state index contributed by atoms with van der Waals surface area (Å²) in [5, 5.41) is 16.5. The Bertz CT molecular complexity index is 642. The molecule has 0 saturated carbocycles. The number of nitrogens with zero attached hydrogens (tertiary/aromatic N) is 2. The molecular formula is C19H31N3O5. The maximum absolute atomic E-state index is 12.1. The third-order valence-corrected chi connectivity index (χ3v) is 4.61. The number of aromatic nitrogens is 1. The van der Waals surface area contributed by atoms with E-state index in [2.05, 4.69) is 10.5 Å².